The van der Waals surface area contributed by atoms with Gasteiger partial charge in [-0.15, -0.1) is 0 Å². The van der Waals surface area contributed by atoms with Gasteiger partial charge in [-0.05, 0) is 24.1 Å². The maximum absolute atomic E-state index is 11.9. The molecule has 1 saturated carbocycles. The van der Waals surface area contributed by atoms with Crippen LogP contribution in [-0.2, 0) is 4.79 Å². The highest BCUT2D eigenvalue weighted by molar-refractivity contribution is 5.83. The lowest BCUT2D eigenvalue weighted by Gasteiger charge is -2.06. The lowest BCUT2D eigenvalue weighted by molar-refractivity contribution is -0.143. The minimum absolute atomic E-state index is 0.00924. The third-order valence-corrected chi connectivity index (χ3v) is 5.23. The summed E-state index contributed by atoms with van der Waals surface area (Å²) in [5, 5.41) is 9.79. The molecule has 0 aliphatic heterocycles. The van der Waals surface area contributed by atoms with Crippen molar-refractivity contribution in [2.45, 2.75) is 18.8 Å². The van der Waals surface area contributed by atoms with Gasteiger partial charge < -0.3 is 5.11 Å². The standard InChI is InChI=1S/C21H18N2O2/c1-21(20(24)25)17(14-6-3-2-4-7-14)18(21)15-8-10-16(11-9-15)19-22-12-5-13-23-19/h2-13,17-18H,1H3,(H,24,25)/t17-,18-,21+/m0/s1. The number of rotatable bonds is 4. The van der Waals surface area contributed by atoms with E-state index in [0.717, 1.165) is 16.7 Å². The Morgan fingerprint density at radius 1 is 0.880 bits per heavy atom. The van der Waals surface area contributed by atoms with Crippen LogP contribution in [0.1, 0.15) is 29.9 Å². The smallest absolute Gasteiger partial charge is 0.310 e. The Hall–Kier alpha value is -3.01. The molecular formula is C21H18N2O2. The quantitative estimate of drug-likeness (QED) is 0.782. The van der Waals surface area contributed by atoms with Crippen LogP contribution in [0.3, 0.4) is 0 Å². The fraction of sp³-hybridized carbons (Fsp3) is 0.190. The zero-order valence-corrected chi connectivity index (χ0v) is 13.8. The molecule has 124 valence electrons. The predicted molar refractivity (Wildman–Crippen MR) is 95.1 cm³/mol. The van der Waals surface area contributed by atoms with Crippen LogP contribution in [0, 0.1) is 5.41 Å². The van der Waals surface area contributed by atoms with E-state index in [4.69, 9.17) is 0 Å². The van der Waals surface area contributed by atoms with Gasteiger partial charge in [0.15, 0.2) is 5.82 Å². The number of hydrogen-bond donors (Lipinski definition) is 1. The molecule has 1 N–H and O–H groups in total. The van der Waals surface area contributed by atoms with Gasteiger partial charge in [-0.1, -0.05) is 54.6 Å². The van der Waals surface area contributed by atoms with Crippen molar-refractivity contribution < 1.29 is 9.90 Å². The average molecular weight is 330 g/mol. The van der Waals surface area contributed by atoms with E-state index in [0.29, 0.717) is 5.82 Å². The van der Waals surface area contributed by atoms with E-state index in [1.807, 2.05) is 61.5 Å². The van der Waals surface area contributed by atoms with Gasteiger partial charge in [0.2, 0.25) is 0 Å². The summed E-state index contributed by atoms with van der Waals surface area (Å²) in [5.41, 5.74) is 2.27. The third-order valence-electron chi connectivity index (χ3n) is 5.23. The van der Waals surface area contributed by atoms with Gasteiger partial charge in [0.05, 0.1) is 5.41 Å². The number of carbonyl (C=O) groups is 1. The minimum Gasteiger partial charge on any atom is -0.481 e. The van der Waals surface area contributed by atoms with Gasteiger partial charge in [-0.2, -0.15) is 0 Å². The highest BCUT2D eigenvalue weighted by atomic mass is 16.4. The van der Waals surface area contributed by atoms with E-state index in [1.54, 1.807) is 18.5 Å². The molecule has 0 radical (unpaired) electrons. The number of benzene rings is 2. The Kier molecular flexibility index (Phi) is 3.61. The summed E-state index contributed by atoms with van der Waals surface area (Å²) in [6, 6.07) is 19.6. The van der Waals surface area contributed by atoms with Gasteiger partial charge in [0.1, 0.15) is 0 Å². The van der Waals surface area contributed by atoms with Crippen molar-refractivity contribution in [3.05, 3.63) is 84.2 Å². The van der Waals surface area contributed by atoms with Crippen molar-refractivity contribution in [2.75, 3.05) is 0 Å². The predicted octanol–water partition coefficient (Wildman–Crippen LogP) is 4.12. The number of aromatic nitrogens is 2. The summed E-state index contributed by atoms with van der Waals surface area (Å²) < 4.78 is 0. The average Bonchev–Trinajstić information content (AvgIpc) is 3.31. The van der Waals surface area contributed by atoms with Crippen LogP contribution in [0.15, 0.2) is 73.1 Å². The lowest BCUT2D eigenvalue weighted by atomic mass is 10.00. The van der Waals surface area contributed by atoms with E-state index in [1.165, 1.54) is 0 Å². The van der Waals surface area contributed by atoms with E-state index in [-0.39, 0.29) is 11.8 Å². The molecule has 0 spiro atoms. The summed E-state index contributed by atoms with van der Waals surface area (Å²) in [7, 11) is 0. The zero-order valence-electron chi connectivity index (χ0n) is 13.8. The van der Waals surface area contributed by atoms with Crippen molar-refractivity contribution in [1.29, 1.82) is 0 Å². The molecule has 4 rings (SSSR count). The molecule has 1 aromatic heterocycles. The van der Waals surface area contributed by atoms with Crippen LogP contribution in [0.2, 0.25) is 0 Å². The topological polar surface area (TPSA) is 63.1 Å². The monoisotopic (exact) mass is 330 g/mol. The summed E-state index contributed by atoms with van der Waals surface area (Å²) in [6.45, 7) is 1.84. The highest BCUT2D eigenvalue weighted by Gasteiger charge is 2.67. The number of hydrogen-bond acceptors (Lipinski definition) is 3. The first-order valence-corrected chi connectivity index (χ1v) is 8.28. The normalized spacial score (nSPS) is 24.7. The first-order chi connectivity index (χ1) is 12.1. The van der Waals surface area contributed by atoms with Crippen molar-refractivity contribution in [3.63, 3.8) is 0 Å². The number of aliphatic carboxylic acids is 1. The SMILES string of the molecule is C[C@@]1(C(=O)O)[C@@H](c2ccccc2)[C@@H]1c1ccc(-c2ncccn2)cc1. The van der Waals surface area contributed by atoms with Gasteiger partial charge >= 0.3 is 5.97 Å². The Morgan fingerprint density at radius 2 is 1.44 bits per heavy atom. The molecule has 1 aliphatic rings. The second kappa shape index (κ2) is 5.81. The van der Waals surface area contributed by atoms with Crippen LogP contribution < -0.4 is 0 Å². The number of carboxylic acid groups (broad SMARTS) is 1. The number of carboxylic acids is 1. The van der Waals surface area contributed by atoms with Crippen LogP contribution in [0.5, 0.6) is 0 Å². The summed E-state index contributed by atoms with van der Waals surface area (Å²) in [4.78, 5) is 20.4. The molecule has 25 heavy (non-hydrogen) atoms. The highest BCUT2D eigenvalue weighted by Crippen LogP contribution is 2.70. The summed E-state index contributed by atoms with van der Waals surface area (Å²) in [5.74, 6) is -0.115. The first-order valence-electron chi connectivity index (χ1n) is 8.28. The zero-order chi connectivity index (χ0) is 17.4. The second-order valence-corrected chi connectivity index (χ2v) is 6.65. The number of nitrogens with zero attached hydrogens (tertiary/aromatic N) is 2. The van der Waals surface area contributed by atoms with Crippen LogP contribution in [-0.4, -0.2) is 21.0 Å². The molecule has 3 aromatic rings. The second-order valence-electron chi connectivity index (χ2n) is 6.65. The summed E-state index contributed by atoms with van der Waals surface area (Å²) >= 11 is 0. The van der Waals surface area contributed by atoms with Crippen molar-refractivity contribution in [1.82, 2.24) is 9.97 Å². The molecule has 3 atom stereocenters. The van der Waals surface area contributed by atoms with Crippen LogP contribution >= 0.6 is 0 Å². The Morgan fingerprint density at radius 3 is 2.00 bits per heavy atom. The van der Waals surface area contributed by atoms with Crippen molar-refractivity contribution in [3.8, 4) is 11.4 Å². The maximum atomic E-state index is 11.9. The van der Waals surface area contributed by atoms with Gasteiger partial charge in [-0.3, -0.25) is 4.79 Å². The van der Waals surface area contributed by atoms with Crippen molar-refractivity contribution in [2.24, 2.45) is 5.41 Å². The molecule has 4 heteroatoms. The van der Waals surface area contributed by atoms with Crippen LogP contribution in [0.25, 0.3) is 11.4 Å². The molecule has 1 aliphatic carbocycles. The van der Waals surface area contributed by atoms with Gasteiger partial charge in [0.25, 0.3) is 0 Å². The molecular weight excluding hydrogens is 312 g/mol. The molecule has 2 aromatic carbocycles. The molecule has 0 saturated heterocycles. The fourth-order valence-corrected chi connectivity index (χ4v) is 3.80. The van der Waals surface area contributed by atoms with Gasteiger partial charge in [0, 0.05) is 29.8 Å². The Bertz CT molecular complexity index is 894. The van der Waals surface area contributed by atoms with E-state index in [2.05, 4.69) is 9.97 Å². The maximum Gasteiger partial charge on any atom is 0.310 e. The first kappa shape index (κ1) is 15.5. The van der Waals surface area contributed by atoms with Crippen LogP contribution in [0.4, 0.5) is 0 Å². The molecule has 4 nitrogen and oxygen atoms in total. The fourth-order valence-electron chi connectivity index (χ4n) is 3.80. The molecule has 1 fully saturated rings. The molecule has 1 heterocycles. The molecule has 0 bridgehead atoms. The van der Waals surface area contributed by atoms with Crippen molar-refractivity contribution >= 4 is 5.97 Å². The lowest BCUT2D eigenvalue weighted by Crippen LogP contribution is -2.14. The third kappa shape index (κ3) is 2.50. The Balaban J connectivity index is 1.68. The molecule has 0 amide bonds. The van der Waals surface area contributed by atoms with E-state index in [9.17, 15) is 9.90 Å². The van der Waals surface area contributed by atoms with E-state index < -0.39 is 11.4 Å². The van der Waals surface area contributed by atoms with E-state index >= 15 is 0 Å². The minimum atomic E-state index is -0.772. The molecule has 0 unspecified atom stereocenters. The summed E-state index contributed by atoms with van der Waals surface area (Å²) in [6.07, 6.45) is 3.42. The Labute approximate surface area is 146 Å². The largest absolute Gasteiger partial charge is 0.481 e. The van der Waals surface area contributed by atoms with Gasteiger partial charge in [-0.25, -0.2) is 9.97 Å².